The molecule has 4 rings (SSSR count). The summed E-state index contributed by atoms with van der Waals surface area (Å²) in [4.78, 5) is 20.7. The van der Waals surface area contributed by atoms with Crippen molar-refractivity contribution < 1.29 is 27.1 Å². The second-order valence-electron chi connectivity index (χ2n) is 7.82. The molecular weight excluding hydrogens is 490 g/mol. The maximum Gasteiger partial charge on any atom is 0.422 e. The fourth-order valence-corrected chi connectivity index (χ4v) is 3.31. The van der Waals surface area contributed by atoms with E-state index in [1.165, 1.54) is 42.7 Å². The normalized spacial score (nSPS) is 13.9. The number of anilines is 3. The van der Waals surface area contributed by atoms with Crippen molar-refractivity contribution in [2.75, 3.05) is 23.8 Å². The Balaban J connectivity index is 1.62. The molecule has 7 nitrogen and oxygen atoms in total. The molecule has 1 amide bonds. The van der Waals surface area contributed by atoms with Crippen LogP contribution < -0.4 is 20.7 Å². The minimum absolute atomic E-state index is 0.00143. The highest BCUT2D eigenvalue weighted by atomic mass is 35.5. The smallest absolute Gasteiger partial charge is 0.422 e. The molecule has 12 heteroatoms. The average Bonchev–Trinajstić information content (AvgIpc) is 3.62. The molecule has 3 aromatic rings. The lowest BCUT2D eigenvalue weighted by molar-refractivity contribution is -0.153. The molecule has 0 atom stereocenters. The van der Waals surface area contributed by atoms with Crippen molar-refractivity contribution in [3.8, 4) is 5.75 Å². The van der Waals surface area contributed by atoms with Gasteiger partial charge in [0.15, 0.2) is 6.61 Å². The number of ether oxygens (including phenoxy) is 1. The first-order valence-corrected chi connectivity index (χ1v) is 11.0. The highest BCUT2D eigenvalue weighted by Crippen LogP contribution is 2.34. The Kier molecular flexibility index (Phi) is 7.37. The van der Waals surface area contributed by atoms with E-state index in [9.17, 15) is 22.4 Å². The van der Waals surface area contributed by atoms with Crippen molar-refractivity contribution in [1.82, 2.24) is 15.3 Å². The van der Waals surface area contributed by atoms with Gasteiger partial charge in [-0.3, -0.25) is 4.79 Å². The Bertz CT molecular complexity index is 1260. The molecule has 0 bridgehead atoms. The highest BCUT2D eigenvalue weighted by molar-refractivity contribution is 6.31. The Labute approximate surface area is 202 Å². The zero-order valence-corrected chi connectivity index (χ0v) is 18.9. The standard InChI is InChI=1S/C23H20ClF4N5O2/c24-16-8-14(5-6-17(16)25)32-22-15-9-19(33-21(34)2-1-7-29-13-3-4-13)20(35-11-23(26,27)28)10-18(15)30-12-31-22/h1-2,5-6,8-10,12-13,29H,3-4,7,11H2,(H,33,34)(H,30,31,32)/b2-1+. The summed E-state index contributed by atoms with van der Waals surface area (Å²) in [6.45, 7) is -1.05. The van der Waals surface area contributed by atoms with Crippen LogP contribution in [0.2, 0.25) is 5.02 Å². The molecule has 2 aromatic carbocycles. The molecule has 1 aromatic heterocycles. The lowest BCUT2D eigenvalue weighted by atomic mass is 10.1. The van der Waals surface area contributed by atoms with Gasteiger partial charge in [0.2, 0.25) is 5.91 Å². The van der Waals surface area contributed by atoms with E-state index < -0.39 is 24.5 Å². The highest BCUT2D eigenvalue weighted by Gasteiger charge is 2.29. The number of aromatic nitrogens is 2. The minimum Gasteiger partial charge on any atom is -0.482 e. The number of nitrogens with zero attached hydrogens (tertiary/aromatic N) is 2. The molecule has 0 saturated heterocycles. The Morgan fingerprint density at radius 3 is 2.71 bits per heavy atom. The molecule has 1 fully saturated rings. The monoisotopic (exact) mass is 509 g/mol. The van der Waals surface area contributed by atoms with Crippen molar-refractivity contribution in [2.24, 2.45) is 0 Å². The number of amides is 1. The van der Waals surface area contributed by atoms with Gasteiger partial charge in [-0.2, -0.15) is 13.2 Å². The van der Waals surface area contributed by atoms with Crippen molar-refractivity contribution in [3.05, 3.63) is 59.7 Å². The lowest BCUT2D eigenvalue weighted by Crippen LogP contribution is -2.20. The second-order valence-corrected chi connectivity index (χ2v) is 8.23. The summed E-state index contributed by atoms with van der Waals surface area (Å²) in [5.74, 6) is -1.08. The van der Waals surface area contributed by atoms with E-state index in [1.807, 2.05) is 0 Å². The molecule has 1 saturated carbocycles. The van der Waals surface area contributed by atoms with Crippen LogP contribution in [0.1, 0.15) is 12.8 Å². The van der Waals surface area contributed by atoms with Gasteiger partial charge in [-0.25, -0.2) is 14.4 Å². The zero-order valence-electron chi connectivity index (χ0n) is 18.1. The summed E-state index contributed by atoms with van der Waals surface area (Å²) in [5.41, 5.74) is 0.682. The molecule has 1 aliphatic carbocycles. The number of fused-ring (bicyclic) bond motifs is 1. The van der Waals surface area contributed by atoms with Crippen LogP contribution in [0.25, 0.3) is 10.9 Å². The summed E-state index contributed by atoms with van der Waals surface area (Å²) in [6.07, 6.45) is 1.73. The van der Waals surface area contributed by atoms with E-state index in [1.54, 1.807) is 6.08 Å². The van der Waals surface area contributed by atoms with Crippen molar-refractivity contribution in [3.63, 3.8) is 0 Å². The van der Waals surface area contributed by atoms with Gasteiger partial charge in [0.25, 0.3) is 0 Å². The number of hydrogen-bond acceptors (Lipinski definition) is 6. The number of hydrogen-bond donors (Lipinski definition) is 3. The third kappa shape index (κ3) is 7.03. The molecule has 0 aliphatic heterocycles. The number of halogens is 5. The largest absolute Gasteiger partial charge is 0.482 e. The molecule has 0 unspecified atom stereocenters. The molecule has 35 heavy (non-hydrogen) atoms. The van der Waals surface area contributed by atoms with E-state index in [0.717, 1.165) is 12.8 Å². The van der Waals surface area contributed by atoms with E-state index in [-0.39, 0.29) is 27.8 Å². The molecule has 3 N–H and O–H groups in total. The van der Waals surface area contributed by atoms with Crippen LogP contribution in [0, 0.1) is 5.82 Å². The van der Waals surface area contributed by atoms with Crippen molar-refractivity contribution in [2.45, 2.75) is 25.1 Å². The van der Waals surface area contributed by atoms with Gasteiger partial charge in [0.1, 0.15) is 23.7 Å². The number of carbonyl (C=O) groups is 1. The van der Waals surface area contributed by atoms with Gasteiger partial charge >= 0.3 is 6.18 Å². The Hall–Kier alpha value is -3.44. The molecular formula is C23H20ClF4N5O2. The number of benzene rings is 2. The van der Waals surface area contributed by atoms with Crippen LogP contribution in [0.5, 0.6) is 5.75 Å². The lowest BCUT2D eigenvalue weighted by Gasteiger charge is -2.16. The van der Waals surface area contributed by atoms with Gasteiger partial charge in [-0.1, -0.05) is 17.7 Å². The van der Waals surface area contributed by atoms with Gasteiger partial charge in [-0.15, -0.1) is 0 Å². The van der Waals surface area contributed by atoms with E-state index in [4.69, 9.17) is 16.3 Å². The average molecular weight is 510 g/mol. The minimum atomic E-state index is -4.58. The SMILES string of the molecule is O=C(/C=C/CNC1CC1)Nc1cc2c(Nc3ccc(F)c(Cl)c3)ncnc2cc1OCC(F)(F)F. The fourth-order valence-electron chi connectivity index (χ4n) is 3.13. The van der Waals surface area contributed by atoms with Crippen LogP contribution in [-0.4, -0.2) is 41.2 Å². The van der Waals surface area contributed by atoms with Crippen LogP contribution in [-0.2, 0) is 4.79 Å². The predicted molar refractivity (Wildman–Crippen MR) is 125 cm³/mol. The Morgan fingerprint density at radius 2 is 2.00 bits per heavy atom. The van der Waals surface area contributed by atoms with Crippen molar-refractivity contribution >= 4 is 45.6 Å². The molecule has 1 heterocycles. The maximum absolute atomic E-state index is 13.5. The number of rotatable bonds is 9. The number of carbonyl (C=O) groups excluding carboxylic acids is 1. The van der Waals surface area contributed by atoms with Crippen LogP contribution in [0.3, 0.4) is 0 Å². The summed E-state index contributed by atoms with van der Waals surface area (Å²) < 4.78 is 56.8. The molecule has 0 radical (unpaired) electrons. The van der Waals surface area contributed by atoms with Gasteiger partial charge in [0, 0.05) is 35.8 Å². The van der Waals surface area contributed by atoms with Crippen LogP contribution in [0.15, 0.2) is 48.8 Å². The number of alkyl halides is 3. The predicted octanol–water partition coefficient (Wildman–Crippen LogP) is 5.35. The third-order valence-corrected chi connectivity index (χ3v) is 5.23. The maximum atomic E-state index is 13.5. The van der Waals surface area contributed by atoms with Gasteiger partial charge in [0.05, 0.1) is 16.2 Å². The van der Waals surface area contributed by atoms with Crippen LogP contribution in [0.4, 0.5) is 34.8 Å². The second kappa shape index (κ2) is 10.4. The molecule has 0 spiro atoms. The summed E-state index contributed by atoms with van der Waals surface area (Å²) >= 11 is 5.83. The summed E-state index contributed by atoms with van der Waals surface area (Å²) in [6, 6.07) is 7.12. The van der Waals surface area contributed by atoms with E-state index in [2.05, 4.69) is 25.9 Å². The van der Waals surface area contributed by atoms with Gasteiger partial charge in [-0.05, 0) is 37.1 Å². The first-order valence-electron chi connectivity index (χ1n) is 10.6. The summed E-state index contributed by atoms with van der Waals surface area (Å²) in [5, 5.41) is 9.01. The summed E-state index contributed by atoms with van der Waals surface area (Å²) in [7, 11) is 0. The first kappa shape index (κ1) is 24.7. The number of nitrogens with one attached hydrogen (secondary N) is 3. The third-order valence-electron chi connectivity index (χ3n) is 4.94. The quantitative estimate of drug-likeness (QED) is 0.266. The topological polar surface area (TPSA) is 88.2 Å². The van der Waals surface area contributed by atoms with E-state index in [0.29, 0.717) is 23.7 Å². The first-order chi connectivity index (χ1) is 16.7. The van der Waals surface area contributed by atoms with E-state index >= 15 is 0 Å². The zero-order chi connectivity index (χ0) is 25.0. The van der Waals surface area contributed by atoms with Gasteiger partial charge < -0.3 is 20.7 Å². The molecule has 1 aliphatic rings. The Morgan fingerprint density at radius 1 is 1.20 bits per heavy atom. The van der Waals surface area contributed by atoms with Crippen LogP contribution >= 0.6 is 11.6 Å². The molecule has 184 valence electrons. The van der Waals surface area contributed by atoms with Crippen molar-refractivity contribution in [1.29, 1.82) is 0 Å². The fraction of sp³-hybridized carbons (Fsp3) is 0.261.